The van der Waals surface area contributed by atoms with Crippen molar-refractivity contribution in [2.75, 3.05) is 26.1 Å². The topological polar surface area (TPSA) is 47.4 Å². The van der Waals surface area contributed by atoms with Crippen LogP contribution < -0.4 is 0 Å². The number of carbonyl (C=O) groups excluding carboxylic acids is 1. The summed E-state index contributed by atoms with van der Waals surface area (Å²) >= 11 is 5.58. The van der Waals surface area contributed by atoms with E-state index in [1.54, 1.807) is 18.2 Å². The number of carbonyl (C=O) groups is 1. The van der Waals surface area contributed by atoms with E-state index in [1.165, 1.54) is 0 Å². The van der Waals surface area contributed by atoms with Crippen LogP contribution in [0.25, 0.3) is 0 Å². The highest BCUT2D eigenvalue weighted by Crippen LogP contribution is 2.24. The highest BCUT2D eigenvalue weighted by molar-refractivity contribution is 6.18. The van der Waals surface area contributed by atoms with Gasteiger partial charge in [0.05, 0.1) is 12.1 Å². The number of amides is 1. The molecular formula is C11H16ClN3O2. The Morgan fingerprint density at radius 2 is 2.41 bits per heavy atom. The molecule has 6 heteroatoms. The lowest BCUT2D eigenvalue weighted by molar-refractivity contribution is -0.130. The maximum Gasteiger partial charge on any atom is 0.223 e. The molecule has 1 amide bonds. The summed E-state index contributed by atoms with van der Waals surface area (Å²) in [5, 5.41) is 4.21. The molecule has 0 aromatic carbocycles. The molecular weight excluding hydrogens is 242 g/mol. The molecule has 0 bridgehead atoms. The summed E-state index contributed by atoms with van der Waals surface area (Å²) in [5.41, 5.74) is 0. The lowest BCUT2D eigenvalue weighted by Crippen LogP contribution is -2.29. The van der Waals surface area contributed by atoms with Gasteiger partial charge in [-0.2, -0.15) is 5.10 Å². The molecule has 2 rings (SSSR count). The molecule has 0 radical (unpaired) electrons. The van der Waals surface area contributed by atoms with Crippen LogP contribution >= 0.6 is 11.6 Å². The Morgan fingerprint density at radius 1 is 1.59 bits per heavy atom. The summed E-state index contributed by atoms with van der Waals surface area (Å²) in [6, 6.07) is 1.96. The number of likely N-dealkylation sites (tertiary alicyclic amines) is 1. The third kappa shape index (κ3) is 2.61. The summed E-state index contributed by atoms with van der Waals surface area (Å²) < 4.78 is 7.27. The summed E-state index contributed by atoms with van der Waals surface area (Å²) in [4.78, 5) is 13.6. The van der Waals surface area contributed by atoms with Crippen molar-refractivity contribution in [2.45, 2.75) is 18.6 Å². The van der Waals surface area contributed by atoms with Crippen LogP contribution in [0.1, 0.15) is 12.5 Å². The zero-order valence-electron chi connectivity index (χ0n) is 9.75. The fourth-order valence-electron chi connectivity index (χ4n) is 2.16. The van der Waals surface area contributed by atoms with Crippen molar-refractivity contribution in [1.82, 2.24) is 14.7 Å². The molecule has 1 aliphatic rings. The summed E-state index contributed by atoms with van der Waals surface area (Å²) in [5.74, 6) is 0.441. The van der Waals surface area contributed by atoms with E-state index in [-0.39, 0.29) is 18.1 Å². The van der Waals surface area contributed by atoms with Gasteiger partial charge in [-0.05, 0) is 6.07 Å². The quantitative estimate of drug-likeness (QED) is 0.754. The molecule has 2 atom stereocenters. The first kappa shape index (κ1) is 12.4. The molecule has 0 N–H and O–H groups in total. The Hall–Kier alpha value is -1.07. The second kappa shape index (κ2) is 5.51. The Kier molecular flexibility index (Phi) is 4.02. The predicted molar refractivity (Wildman–Crippen MR) is 64.0 cm³/mol. The molecule has 5 nitrogen and oxygen atoms in total. The van der Waals surface area contributed by atoms with Crippen molar-refractivity contribution in [3.8, 4) is 0 Å². The second-order valence-electron chi connectivity index (χ2n) is 4.07. The molecule has 1 aliphatic heterocycles. The van der Waals surface area contributed by atoms with E-state index in [0.29, 0.717) is 25.4 Å². The van der Waals surface area contributed by atoms with Crippen molar-refractivity contribution in [3.05, 3.63) is 18.5 Å². The van der Waals surface area contributed by atoms with Gasteiger partial charge in [-0.3, -0.25) is 9.48 Å². The molecule has 94 valence electrons. The Labute approximate surface area is 105 Å². The fourth-order valence-corrected chi connectivity index (χ4v) is 2.32. The first-order valence-electron chi connectivity index (χ1n) is 5.62. The van der Waals surface area contributed by atoms with E-state index >= 15 is 0 Å². The van der Waals surface area contributed by atoms with Crippen LogP contribution in [0.2, 0.25) is 0 Å². The SMILES string of the molecule is CO[C@@H]1CN(C(=O)CCCl)C[C@@H]1n1cccn1. The van der Waals surface area contributed by atoms with Gasteiger partial charge in [0.2, 0.25) is 5.91 Å². The van der Waals surface area contributed by atoms with E-state index < -0.39 is 0 Å². The van der Waals surface area contributed by atoms with Gasteiger partial charge in [0.15, 0.2) is 0 Å². The highest BCUT2D eigenvalue weighted by Gasteiger charge is 2.36. The number of aromatic nitrogens is 2. The van der Waals surface area contributed by atoms with E-state index in [2.05, 4.69) is 5.10 Å². The molecule has 0 spiro atoms. The van der Waals surface area contributed by atoms with Crippen LogP contribution in [0, 0.1) is 0 Å². The number of halogens is 1. The third-order valence-electron chi connectivity index (χ3n) is 3.07. The second-order valence-corrected chi connectivity index (χ2v) is 4.44. The van der Waals surface area contributed by atoms with Crippen molar-refractivity contribution in [1.29, 1.82) is 0 Å². The number of rotatable bonds is 4. The number of nitrogens with zero attached hydrogens (tertiary/aromatic N) is 3. The monoisotopic (exact) mass is 257 g/mol. The highest BCUT2D eigenvalue weighted by atomic mass is 35.5. The smallest absolute Gasteiger partial charge is 0.223 e. The molecule has 2 heterocycles. The van der Waals surface area contributed by atoms with Crippen molar-refractivity contribution in [3.63, 3.8) is 0 Å². The fraction of sp³-hybridized carbons (Fsp3) is 0.636. The molecule has 1 aromatic rings. The van der Waals surface area contributed by atoms with Crippen LogP contribution in [0.3, 0.4) is 0 Å². The number of ether oxygens (including phenoxy) is 1. The number of alkyl halides is 1. The van der Waals surface area contributed by atoms with E-state index in [0.717, 1.165) is 0 Å². The minimum atomic E-state index is -0.00539. The average Bonchev–Trinajstić information content (AvgIpc) is 2.97. The summed E-state index contributed by atoms with van der Waals surface area (Å²) in [6.45, 7) is 1.24. The number of hydrogen-bond acceptors (Lipinski definition) is 3. The molecule has 1 aromatic heterocycles. The Morgan fingerprint density at radius 3 is 3.00 bits per heavy atom. The molecule has 0 saturated carbocycles. The number of methoxy groups -OCH3 is 1. The van der Waals surface area contributed by atoms with Gasteiger partial charge >= 0.3 is 0 Å². The van der Waals surface area contributed by atoms with Gasteiger partial charge in [0.1, 0.15) is 0 Å². The molecule has 1 saturated heterocycles. The zero-order valence-corrected chi connectivity index (χ0v) is 10.5. The van der Waals surface area contributed by atoms with Gasteiger partial charge < -0.3 is 9.64 Å². The predicted octanol–water partition coefficient (Wildman–Crippen LogP) is 0.910. The van der Waals surface area contributed by atoms with Gasteiger partial charge in [-0.1, -0.05) is 0 Å². The normalized spacial score (nSPS) is 24.2. The van der Waals surface area contributed by atoms with E-state index in [1.807, 2.05) is 16.9 Å². The molecule has 17 heavy (non-hydrogen) atoms. The van der Waals surface area contributed by atoms with Crippen LogP contribution in [0.15, 0.2) is 18.5 Å². The van der Waals surface area contributed by atoms with Crippen molar-refractivity contribution < 1.29 is 9.53 Å². The average molecular weight is 258 g/mol. The van der Waals surface area contributed by atoms with Gasteiger partial charge in [-0.25, -0.2) is 0 Å². The third-order valence-corrected chi connectivity index (χ3v) is 3.25. The van der Waals surface area contributed by atoms with Gasteiger partial charge in [0.25, 0.3) is 0 Å². The molecule has 1 fully saturated rings. The minimum Gasteiger partial charge on any atom is -0.377 e. The zero-order chi connectivity index (χ0) is 12.3. The minimum absolute atomic E-state index is 0.00539. The van der Waals surface area contributed by atoms with Crippen LogP contribution in [-0.2, 0) is 9.53 Å². The van der Waals surface area contributed by atoms with Gasteiger partial charge in [0, 0.05) is 44.9 Å². The molecule has 0 unspecified atom stereocenters. The van der Waals surface area contributed by atoms with Crippen LogP contribution in [0.4, 0.5) is 0 Å². The summed E-state index contributed by atoms with van der Waals surface area (Å²) in [6.07, 6.45) is 4.00. The summed E-state index contributed by atoms with van der Waals surface area (Å²) in [7, 11) is 1.66. The Bertz CT molecular complexity index is 369. The molecule has 0 aliphatic carbocycles. The van der Waals surface area contributed by atoms with Gasteiger partial charge in [-0.15, -0.1) is 11.6 Å². The van der Waals surface area contributed by atoms with Crippen LogP contribution in [-0.4, -0.2) is 52.8 Å². The van der Waals surface area contributed by atoms with E-state index in [9.17, 15) is 4.79 Å². The Balaban J connectivity index is 2.06. The standard InChI is InChI=1S/C11H16ClN3O2/c1-17-10-8-14(11(16)3-4-12)7-9(10)15-6-2-5-13-15/h2,5-6,9-10H,3-4,7-8H2,1H3/t9-,10+/m0/s1. The lowest BCUT2D eigenvalue weighted by atomic mass is 10.2. The van der Waals surface area contributed by atoms with E-state index in [4.69, 9.17) is 16.3 Å². The lowest BCUT2D eigenvalue weighted by Gasteiger charge is -2.16. The first-order chi connectivity index (χ1) is 8.26. The van der Waals surface area contributed by atoms with Crippen molar-refractivity contribution in [2.24, 2.45) is 0 Å². The van der Waals surface area contributed by atoms with Crippen molar-refractivity contribution >= 4 is 17.5 Å². The number of hydrogen-bond donors (Lipinski definition) is 0. The first-order valence-corrected chi connectivity index (χ1v) is 6.15. The maximum absolute atomic E-state index is 11.8. The largest absolute Gasteiger partial charge is 0.377 e. The van der Waals surface area contributed by atoms with Crippen LogP contribution in [0.5, 0.6) is 0 Å². The maximum atomic E-state index is 11.8.